The van der Waals surface area contributed by atoms with Crippen molar-refractivity contribution in [2.45, 2.75) is 6.42 Å². The number of nitrogens with zero attached hydrogens (tertiary/aromatic N) is 1. The van der Waals surface area contributed by atoms with Gasteiger partial charge in [0.2, 0.25) is 0 Å². The largest absolute Gasteiger partial charge is 0.481 e. The molecular weight excluding hydrogens is 326 g/mol. The van der Waals surface area contributed by atoms with Crippen LogP contribution in [0.1, 0.15) is 6.42 Å². The quantitative estimate of drug-likeness (QED) is 0.543. The second kappa shape index (κ2) is 7.96. The molecule has 1 aromatic carbocycles. The standard InChI is InChI=1S/C13H12BrN3O3/c14-10-2-1-3-11(6-10)17-8-9(7-15)13(20)16-5-4-12(18)19/h1-3,6,8,17H,4-5H2,(H,16,20)(H,18,19)/b9-8-. The maximum Gasteiger partial charge on any atom is 0.305 e. The highest BCUT2D eigenvalue weighted by atomic mass is 79.9. The van der Waals surface area contributed by atoms with E-state index in [9.17, 15) is 9.59 Å². The molecule has 1 rings (SSSR count). The molecule has 1 aromatic rings. The predicted molar refractivity (Wildman–Crippen MR) is 76.7 cm³/mol. The zero-order chi connectivity index (χ0) is 15.0. The van der Waals surface area contributed by atoms with Crippen molar-refractivity contribution in [2.75, 3.05) is 11.9 Å². The molecular formula is C13H12BrN3O3. The summed E-state index contributed by atoms with van der Waals surface area (Å²) in [7, 11) is 0. The number of nitriles is 1. The Labute approximate surface area is 124 Å². The minimum absolute atomic E-state index is 0.0237. The molecule has 6 nitrogen and oxygen atoms in total. The first-order valence-corrected chi connectivity index (χ1v) is 6.44. The molecule has 0 aliphatic heterocycles. The van der Waals surface area contributed by atoms with Gasteiger partial charge in [-0.3, -0.25) is 9.59 Å². The minimum Gasteiger partial charge on any atom is -0.481 e. The molecule has 0 radical (unpaired) electrons. The number of carboxylic acids is 1. The Morgan fingerprint density at radius 1 is 1.45 bits per heavy atom. The number of anilines is 1. The van der Waals surface area contributed by atoms with E-state index >= 15 is 0 Å². The van der Waals surface area contributed by atoms with E-state index in [-0.39, 0.29) is 18.5 Å². The van der Waals surface area contributed by atoms with Gasteiger partial charge in [-0.25, -0.2) is 0 Å². The summed E-state index contributed by atoms with van der Waals surface area (Å²) < 4.78 is 0.861. The number of hydrogen-bond acceptors (Lipinski definition) is 4. The highest BCUT2D eigenvalue weighted by molar-refractivity contribution is 9.10. The molecule has 0 aliphatic carbocycles. The number of carbonyl (C=O) groups is 2. The van der Waals surface area contributed by atoms with E-state index in [1.165, 1.54) is 6.20 Å². The molecule has 0 spiro atoms. The van der Waals surface area contributed by atoms with Gasteiger partial charge in [0, 0.05) is 22.9 Å². The number of halogens is 1. The van der Waals surface area contributed by atoms with Crippen LogP contribution in [-0.2, 0) is 9.59 Å². The van der Waals surface area contributed by atoms with Crippen LogP contribution < -0.4 is 10.6 Å². The third-order valence-electron chi connectivity index (χ3n) is 2.20. The van der Waals surface area contributed by atoms with Gasteiger partial charge in [0.1, 0.15) is 11.6 Å². The fourth-order valence-electron chi connectivity index (χ4n) is 1.26. The molecule has 20 heavy (non-hydrogen) atoms. The van der Waals surface area contributed by atoms with Crippen LogP contribution in [0, 0.1) is 11.3 Å². The predicted octanol–water partition coefficient (Wildman–Crippen LogP) is 1.86. The second-order valence-corrected chi connectivity index (χ2v) is 4.64. The highest BCUT2D eigenvalue weighted by Gasteiger charge is 2.08. The molecule has 7 heteroatoms. The zero-order valence-corrected chi connectivity index (χ0v) is 12.0. The van der Waals surface area contributed by atoms with E-state index in [2.05, 4.69) is 26.6 Å². The molecule has 0 bridgehead atoms. The van der Waals surface area contributed by atoms with Crippen LogP contribution in [0.3, 0.4) is 0 Å². The van der Waals surface area contributed by atoms with Gasteiger partial charge in [0.25, 0.3) is 5.91 Å². The third-order valence-corrected chi connectivity index (χ3v) is 2.69. The van der Waals surface area contributed by atoms with Crippen molar-refractivity contribution in [1.29, 1.82) is 5.26 Å². The van der Waals surface area contributed by atoms with Crippen molar-refractivity contribution in [3.8, 4) is 6.07 Å². The first-order valence-electron chi connectivity index (χ1n) is 5.65. The van der Waals surface area contributed by atoms with E-state index in [1.807, 2.05) is 6.07 Å². The first kappa shape index (κ1) is 15.7. The number of carbonyl (C=O) groups excluding carboxylic acids is 1. The Morgan fingerprint density at radius 3 is 2.80 bits per heavy atom. The molecule has 0 fully saturated rings. The van der Waals surface area contributed by atoms with Crippen LogP contribution in [0.5, 0.6) is 0 Å². The summed E-state index contributed by atoms with van der Waals surface area (Å²) in [6.07, 6.45) is 1.08. The number of carboxylic acid groups (broad SMARTS) is 1. The van der Waals surface area contributed by atoms with Crippen LogP contribution >= 0.6 is 15.9 Å². The fourth-order valence-corrected chi connectivity index (χ4v) is 1.66. The number of nitrogens with one attached hydrogen (secondary N) is 2. The van der Waals surface area contributed by atoms with E-state index < -0.39 is 11.9 Å². The van der Waals surface area contributed by atoms with Crippen LogP contribution in [0.2, 0.25) is 0 Å². The molecule has 0 saturated carbocycles. The van der Waals surface area contributed by atoms with Crippen molar-refractivity contribution in [2.24, 2.45) is 0 Å². The van der Waals surface area contributed by atoms with E-state index in [4.69, 9.17) is 10.4 Å². The first-order chi connectivity index (χ1) is 9.52. The Kier molecular flexibility index (Phi) is 6.26. The molecule has 0 heterocycles. The molecule has 0 aliphatic rings. The molecule has 104 valence electrons. The average molecular weight is 338 g/mol. The van der Waals surface area contributed by atoms with Crippen molar-refractivity contribution < 1.29 is 14.7 Å². The summed E-state index contributed by atoms with van der Waals surface area (Å²) in [5.74, 6) is -1.63. The topological polar surface area (TPSA) is 102 Å². The molecule has 0 aromatic heterocycles. The van der Waals surface area contributed by atoms with Gasteiger partial charge in [0.05, 0.1) is 6.42 Å². The fraction of sp³-hybridized carbons (Fsp3) is 0.154. The summed E-state index contributed by atoms with van der Waals surface area (Å²) >= 11 is 3.30. The van der Waals surface area contributed by atoms with Crippen molar-refractivity contribution >= 4 is 33.5 Å². The van der Waals surface area contributed by atoms with Gasteiger partial charge in [-0.1, -0.05) is 22.0 Å². The van der Waals surface area contributed by atoms with Gasteiger partial charge in [0.15, 0.2) is 0 Å². The van der Waals surface area contributed by atoms with Gasteiger partial charge in [-0.2, -0.15) is 5.26 Å². The SMILES string of the molecule is N#C/C(=C/Nc1cccc(Br)c1)C(=O)NCCC(=O)O. The normalized spacial score (nSPS) is 10.5. The minimum atomic E-state index is -1.01. The van der Waals surface area contributed by atoms with Crippen LogP contribution in [-0.4, -0.2) is 23.5 Å². The Hall–Kier alpha value is -2.33. The van der Waals surface area contributed by atoms with Gasteiger partial charge < -0.3 is 15.7 Å². The van der Waals surface area contributed by atoms with Crippen LogP contribution in [0.15, 0.2) is 40.5 Å². The van der Waals surface area contributed by atoms with E-state index in [0.717, 1.165) is 4.47 Å². The molecule has 0 atom stereocenters. The molecule has 3 N–H and O–H groups in total. The number of aliphatic carboxylic acids is 1. The number of amides is 1. The van der Waals surface area contributed by atoms with Crippen molar-refractivity contribution in [3.63, 3.8) is 0 Å². The van der Waals surface area contributed by atoms with Crippen LogP contribution in [0.4, 0.5) is 5.69 Å². The lowest BCUT2D eigenvalue weighted by Crippen LogP contribution is -2.27. The van der Waals surface area contributed by atoms with Gasteiger partial charge in [-0.05, 0) is 18.2 Å². The van der Waals surface area contributed by atoms with Crippen molar-refractivity contribution in [1.82, 2.24) is 5.32 Å². The smallest absolute Gasteiger partial charge is 0.305 e. The van der Waals surface area contributed by atoms with E-state index in [0.29, 0.717) is 5.69 Å². The van der Waals surface area contributed by atoms with Gasteiger partial charge in [-0.15, -0.1) is 0 Å². The van der Waals surface area contributed by atoms with Crippen molar-refractivity contribution in [3.05, 3.63) is 40.5 Å². The summed E-state index contributed by atoms with van der Waals surface area (Å²) in [5, 5.41) is 22.5. The average Bonchev–Trinajstić information content (AvgIpc) is 2.39. The third kappa shape index (κ3) is 5.54. The highest BCUT2D eigenvalue weighted by Crippen LogP contribution is 2.15. The summed E-state index contributed by atoms with van der Waals surface area (Å²) in [4.78, 5) is 21.9. The number of benzene rings is 1. The van der Waals surface area contributed by atoms with E-state index in [1.54, 1.807) is 24.3 Å². The second-order valence-electron chi connectivity index (χ2n) is 3.72. The summed E-state index contributed by atoms with van der Waals surface area (Å²) in [5.41, 5.74) is 0.584. The molecule has 0 unspecified atom stereocenters. The summed E-state index contributed by atoms with van der Waals surface area (Å²) in [6.45, 7) is -0.0237. The maximum atomic E-state index is 11.6. The maximum absolute atomic E-state index is 11.6. The molecule has 0 saturated heterocycles. The number of hydrogen-bond donors (Lipinski definition) is 3. The lowest BCUT2D eigenvalue weighted by atomic mass is 10.2. The Balaban J connectivity index is 2.61. The Bertz CT molecular complexity index is 578. The molecule has 1 amide bonds. The number of rotatable bonds is 6. The monoisotopic (exact) mass is 337 g/mol. The lowest BCUT2D eigenvalue weighted by Gasteiger charge is -2.04. The zero-order valence-electron chi connectivity index (χ0n) is 10.4. The van der Waals surface area contributed by atoms with Gasteiger partial charge >= 0.3 is 5.97 Å². The Morgan fingerprint density at radius 2 is 2.20 bits per heavy atom. The lowest BCUT2D eigenvalue weighted by molar-refractivity contribution is -0.136. The van der Waals surface area contributed by atoms with Crippen LogP contribution in [0.25, 0.3) is 0 Å². The summed E-state index contributed by atoms with van der Waals surface area (Å²) in [6, 6.07) is 8.96.